The van der Waals surface area contributed by atoms with E-state index >= 15 is 0 Å². The summed E-state index contributed by atoms with van der Waals surface area (Å²) in [7, 11) is 0. The molecule has 1 aliphatic heterocycles. The highest BCUT2D eigenvalue weighted by molar-refractivity contribution is 9.11. The van der Waals surface area contributed by atoms with Gasteiger partial charge in [-0.1, -0.05) is 0 Å². The smallest absolute Gasteiger partial charge is 0.410 e. The number of thiophene rings is 1. The van der Waals surface area contributed by atoms with Gasteiger partial charge in [-0.3, -0.25) is 9.36 Å². The van der Waals surface area contributed by atoms with Crippen LogP contribution in [-0.2, 0) is 4.74 Å². The van der Waals surface area contributed by atoms with Crippen LogP contribution in [0.2, 0.25) is 0 Å². The minimum atomic E-state index is -0.494. The molecule has 0 N–H and O–H groups in total. The zero-order valence-corrected chi connectivity index (χ0v) is 16.3. The van der Waals surface area contributed by atoms with E-state index in [4.69, 9.17) is 4.74 Å². The van der Waals surface area contributed by atoms with Gasteiger partial charge in [-0.25, -0.2) is 9.78 Å². The molecule has 0 bridgehead atoms. The Balaban J connectivity index is 1.72. The van der Waals surface area contributed by atoms with Crippen LogP contribution in [0.3, 0.4) is 0 Å². The molecule has 0 radical (unpaired) electrons. The van der Waals surface area contributed by atoms with Gasteiger partial charge >= 0.3 is 6.09 Å². The lowest BCUT2D eigenvalue weighted by Gasteiger charge is -2.33. The van der Waals surface area contributed by atoms with Crippen molar-refractivity contribution in [1.29, 1.82) is 0 Å². The lowest BCUT2D eigenvalue weighted by Crippen LogP contribution is -2.43. The monoisotopic (exact) mass is 413 g/mol. The number of likely N-dealkylation sites (tertiary alicyclic amines) is 1. The molecule has 130 valence electrons. The number of hydrogen-bond acceptors (Lipinski definition) is 5. The van der Waals surface area contributed by atoms with Crippen LogP contribution in [0.5, 0.6) is 0 Å². The predicted molar refractivity (Wildman–Crippen MR) is 97.7 cm³/mol. The number of amides is 1. The van der Waals surface area contributed by atoms with Crippen LogP contribution in [0.1, 0.15) is 39.7 Å². The summed E-state index contributed by atoms with van der Waals surface area (Å²) >= 11 is 4.80. The van der Waals surface area contributed by atoms with Crippen molar-refractivity contribution in [3.05, 3.63) is 26.5 Å². The predicted octanol–water partition coefficient (Wildman–Crippen LogP) is 3.79. The van der Waals surface area contributed by atoms with Crippen molar-refractivity contribution in [3.63, 3.8) is 0 Å². The van der Waals surface area contributed by atoms with Gasteiger partial charge in [0, 0.05) is 19.1 Å². The zero-order chi connectivity index (χ0) is 17.5. The lowest BCUT2D eigenvalue weighted by atomic mass is 10.1. The number of carbonyl (C=O) groups excluding carboxylic acids is 1. The van der Waals surface area contributed by atoms with Crippen LogP contribution in [-0.4, -0.2) is 39.2 Å². The van der Waals surface area contributed by atoms with Gasteiger partial charge in [0.05, 0.1) is 15.6 Å². The van der Waals surface area contributed by atoms with Crippen molar-refractivity contribution in [2.75, 3.05) is 13.1 Å². The van der Waals surface area contributed by atoms with Crippen LogP contribution in [0, 0.1) is 0 Å². The molecule has 1 aliphatic rings. The topological polar surface area (TPSA) is 64.4 Å². The molecule has 2 aromatic rings. The van der Waals surface area contributed by atoms with E-state index in [2.05, 4.69) is 20.9 Å². The molecule has 0 aliphatic carbocycles. The second kappa shape index (κ2) is 6.48. The van der Waals surface area contributed by atoms with Crippen molar-refractivity contribution < 1.29 is 9.53 Å². The summed E-state index contributed by atoms with van der Waals surface area (Å²) in [6, 6.07) is 1.92. The van der Waals surface area contributed by atoms with Gasteiger partial charge in [0.25, 0.3) is 5.56 Å². The van der Waals surface area contributed by atoms with Gasteiger partial charge in [0.2, 0.25) is 0 Å². The average molecular weight is 414 g/mol. The number of piperidine rings is 1. The first kappa shape index (κ1) is 17.4. The summed E-state index contributed by atoms with van der Waals surface area (Å²) in [6.45, 7) is 6.74. The fourth-order valence-corrected chi connectivity index (χ4v) is 4.29. The number of fused-ring (bicyclic) bond motifs is 1. The molecule has 0 spiro atoms. The molecule has 0 unspecified atom stereocenters. The average Bonchev–Trinajstić information content (AvgIpc) is 2.88. The van der Waals surface area contributed by atoms with Crippen molar-refractivity contribution in [2.24, 2.45) is 0 Å². The Morgan fingerprint density at radius 1 is 1.38 bits per heavy atom. The summed E-state index contributed by atoms with van der Waals surface area (Å²) in [4.78, 5) is 30.9. The van der Waals surface area contributed by atoms with E-state index in [0.717, 1.165) is 22.1 Å². The number of halogens is 1. The number of nitrogens with zero attached hydrogens (tertiary/aromatic N) is 3. The number of aromatic nitrogens is 2. The summed E-state index contributed by atoms with van der Waals surface area (Å²) in [6.07, 6.45) is 2.78. The Bertz CT molecular complexity index is 816. The maximum absolute atomic E-state index is 12.7. The Morgan fingerprint density at radius 3 is 2.67 bits per heavy atom. The molecule has 0 saturated carbocycles. The zero-order valence-electron chi connectivity index (χ0n) is 13.9. The third kappa shape index (κ3) is 3.64. The fraction of sp³-hybridized carbons (Fsp3) is 0.562. The van der Waals surface area contributed by atoms with Gasteiger partial charge in [-0.15, -0.1) is 11.3 Å². The molecule has 1 fully saturated rings. The largest absolute Gasteiger partial charge is 0.444 e. The molecule has 3 rings (SSSR count). The van der Waals surface area contributed by atoms with Crippen molar-refractivity contribution >= 4 is 43.6 Å². The van der Waals surface area contributed by atoms with Crippen molar-refractivity contribution in [1.82, 2.24) is 14.5 Å². The molecule has 1 amide bonds. The fourth-order valence-electron chi connectivity index (χ4n) is 2.81. The van der Waals surface area contributed by atoms with Crippen LogP contribution >= 0.6 is 27.3 Å². The van der Waals surface area contributed by atoms with Gasteiger partial charge in [-0.2, -0.15) is 0 Å². The second-order valence-corrected chi connectivity index (χ2v) is 9.35. The van der Waals surface area contributed by atoms with Crippen molar-refractivity contribution in [3.8, 4) is 0 Å². The Morgan fingerprint density at radius 2 is 2.04 bits per heavy atom. The third-order valence-electron chi connectivity index (χ3n) is 3.94. The van der Waals surface area contributed by atoms with E-state index < -0.39 is 5.60 Å². The first-order valence-electron chi connectivity index (χ1n) is 7.89. The normalized spacial score (nSPS) is 16.6. The summed E-state index contributed by atoms with van der Waals surface area (Å²) in [5.41, 5.74) is 0.220. The molecule has 0 atom stereocenters. The maximum Gasteiger partial charge on any atom is 0.410 e. The molecular weight excluding hydrogens is 394 g/mol. The minimum absolute atomic E-state index is 0.00795. The Labute approximate surface area is 152 Å². The number of hydrogen-bond donors (Lipinski definition) is 0. The molecule has 2 aromatic heterocycles. The van der Waals surface area contributed by atoms with E-state index in [9.17, 15) is 9.59 Å². The van der Waals surface area contributed by atoms with Crippen LogP contribution in [0.15, 0.2) is 21.0 Å². The summed E-state index contributed by atoms with van der Waals surface area (Å²) in [5, 5.41) is 0. The minimum Gasteiger partial charge on any atom is -0.444 e. The van der Waals surface area contributed by atoms with Crippen molar-refractivity contribution in [2.45, 2.75) is 45.3 Å². The van der Waals surface area contributed by atoms with Crippen LogP contribution in [0.4, 0.5) is 4.79 Å². The van der Waals surface area contributed by atoms with Gasteiger partial charge in [0.15, 0.2) is 0 Å². The van der Waals surface area contributed by atoms with E-state index in [1.165, 1.54) is 11.3 Å². The highest BCUT2D eigenvalue weighted by Crippen LogP contribution is 2.27. The van der Waals surface area contributed by atoms with Gasteiger partial charge in [0.1, 0.15) is 10.3 Å². The molecular formula is C16H20BrN3O3S. The molecule has 8 heteroatoms. The molecule has 1 saturated heterocycles. The first-order valence-corrected chi connectivity index (χ1v) is 9.49. The lowest BCUT2D eigenvalue weighted by molar-refractivity contribution is 0.0187. The number of rotatable bonds is 1. The number of ether oxygens (including phenoxy) is 1. The third-order valence-corrected chi connectivity index (χ3v) is 5.56. The molecule has 6 nitrogen and oxygen atoms in total. The molecule has 3 heterocycles. The molecule has 0 aromatic carbocycles. The quantitative estimate of drug-likeness (QED) is 0.712. The van der Waals surface area contributed by atoms with Gasteiger partial charge < -0.3 is 9.64 Å². The number of carbonyl (C=O) groups is 1. The first-order chi connectivity index (χ1) is 11.2. The Kier molecular flexibility index (Phi) is 4.70. The van der Waals surface area contributed by atoms with E-state index in [-0.39, 0.29) is 17.7 Å². The standard InChI is InChI=1S/C16H20BrN3O3S/c1-16(2,3)23-15(22)19-6-4-10(5-7-19)20-9-18-11-8-12(17)24-13(11)14(20)21/h8-10H,4-7H2,1-3H3. The highest BCUT2D eigenvalue weighted by atomic mass is 79.9. The molecule has 24 heavy (non-hydrogen) atoms. The Hall–Kier alpha value is -1.41. The van der Waals surface area contributed by atoms with E-state index in [1.807, 2.05) is 26.8 Å². The SMILES string of the molecule is CC(C)(C)OC(=O)N1CCC(n2cnc3cc(Br)sc3c2=O)CC1. The van der Waals surface area contributed by atoms with Crippen LogP contribution < -0.4 is 5.56 Å². The maximum atomic E-state index is 12.7. The summed E-state index contributed by atoms with van der Waals surface area (Å²) in [5.74, 6) is 0. The van der Waals surface area contributed by atoms with Gasteiger partial charge in [-0.05, 0) is 55.6 Å². The van der Waals surface area contributed by atoms with E-state index in [0.29, 0.717) is 17.8 Å². The van der Waals surface area contributed by atoms with Crippen LogP contribution in [0.25, 0.3) is 10.2 Å². The second-order valence-electron chi connectivity index (χ2n) is 6.92. The summed E-state index contributed by atoms with van der Waals surface area (Å²) < 4.78 is 8.68. The van der Waals surface area contributed by atoms with E-state index in [1.54, 1.807) is 15.8 Å². The highest BCUT2D eigenvalue weighted by Gasteiger charge is 2.28.